The van der Waals surface area contributed by atoms with Crippen LogP contribution in [0.4, 0.5) is 10.1 Å². The van der Waals surface area contributed by atoms with Gasteiger partial charge in [-0.25, -0.2) is 4.39 Å². The largest absolute Gasteiger partial charge is 0.399 e. The van der Waals surface area contributed by atoms with Crippen LogP contribution in [-0.2, 0) is 4.74 Å². The zero-order valence-corrected chi connectivity index (χ0v) is 9.57. The second kappa shape index (κ2) is 4.71. The normalized spacial score (nSPS) is 22.9. The van der Waals surface area contributed by atoms with Crippen molar-refractivity contribution in [3.05, 3.63) is 29.6 Å². The number of carbonyl (C=O) groups is 1. The van der Waals surface area contributed by atoms with Crippen LogP contribution in [0.5, 0.6) is 0 Å². The van der Waals surface area contributed by atoms with Gasteiger partial charge in [0.25, 0.3) is 5.91 Å². The van der Waals surface area contributed by atoms with Crippen LogP contribution in [0.2, 0.25) is 0 Å². The highest BCUT2D eigenvalue weighted by molar-refractivity contribution is 5.95. The van der Waals surface area contributed by atoms with Gasteiger partial charge in [0.1, 0.15) is 5.82 Å². The number of anilines is 1. The number of nitrogens with two attached hydrogens (primary N) is 1. The minimum absolute atomic E-state index is 0.0278. The van der Waals surface area contributed by atoms with Crippen molar-refractivity contribution in [2.24, 2.45) is 0 Å². The average molecular weight is 238 g/mol. The number of amides is 1. The molecule has 17 heavy (non-hydrogen) atoms. The van der Waals surface area contributed by atoms with Crippen molar-refractivity contribution in [2.75, 3.05) is 12.8 Å². The van der Waals surface area contributed by atoms with Gasteiger partial charge < -0.3 is 15.8 Å². The number of methoxy groups -OCH3 is 1. The molecule has 3 N–H and O–H groups in total. The molecule has 1 amide bonds. The van der Waals surface area contributed by atoms with Crippen molar-refractivity contribution in [1.82, 2.24) is 5.32 Å². The lowest BCUT2D eigenvalue weighted by Crippen LogP contribution is -2.47. The molecular weight excluding hydrogens is 223 g/mol. The highest BCUT2D eigenvalue weighted by Gasteiger charge is 2.30. The van der Waals surface area contributed by atoms with E-state index >= 15 is 0 Å². The molecule has 1 aliphatic rings. The van der Waals surface area contributed by atoms with Crippen LogP contribution in [-0.4, -0.2) is 25.2 Å². The molecule has 0 aromatic heterocycles. The van der Waals surface area contributed by atoms with E-state index in [0.29, 0.717) is 5.69 Å². The molecule has 1 aromatic rings. The first-order valence-corrected chi connectivity index (χ1v) is 5.49. The quantitative estimate of drug-likeness (QED) is 0.780. The van der Waals surface area contributed by atoms with Crippen LogP contribution in [0.1, 0.15) is 23.2 Å². The second-order valence-corrected chi connectivity index (χ2v) is 4.24. The summed E-state index contributed by atoms with van der Waals surface area (Å²) in [7, 11) is 1.64. The number of ether oxygens (including phenoxy) is 1. The third-order valence-corrected chi connectivity index (χ3v) is 3.00. The Morgan fingerprint density at radius 2 is 2.24 bits per heavy atom. The highest BCUT2D eigenvalue weighted by atomic mass is 19.1. The summed E-state index contributed by atoms with van der Waals surface area (Å²) >= 11 is 0. The molecule has 0 saturated heterocycles. The number of rotatable bonds is 3. The molecule has 0 spiro atoms. The fourth-order valence-electron chi connectivity index (χ4n) is 1.85. The Kier molecular flexibility index (Phi) is 3.28. The molecule has 0 heterocycles. The Labute approximate surface area is 98.9 Å². The van der Waals surface area contributed by atoms with Gasteiger partial charge in [0, 0.05) is 18.8 Å². The standard InChI is InChI=1S/C12H15FN2O2/c1-17-9-5-8(6-9)15-12(16)10-3-2-7(14)4-11(10)13/h2-4,8-9H,5-6,14H2,1H3,(H,15,16). The molecule has 1 aliphatic carbocycles. The molecule has 0 unspecified atom stereocenters. The number of carbonyl (C=O) groups excluding carboxylic acids is 1. The molecule has 1 fully saturated rings. The summed E-state index contributed by atoms with van der Waals surface area (Å²) in [5.41, 5.74) is 5.75. The SMILES string of the molecule is COC1CC(NC(=O)c2ccc(N)cc2F)C1. The number of nitrogen functional groups attached to an aromatic ring is 1. The highest BCUT2D eigenvalue weighted by Crippen LogP contribution is 2.23. The molecule has 1 saturated carbocycles. The average Bonchev–Trinajstić information content (AvgIpc) is 2.22. The van der Waals surface area contributed by atoms with Crippen LogP contribution in [0.25, 0.3) is 0 Å². The molecule has 2 rings (SSSR count). The van der Waals surface area contributed by atoms with Crippen LogP contribution in [0.15, 0.2) is 18.2 Å². The molecule has 0 aliphatic heterocycles. The predicted octanol–water partition coefficient (Wildman–Crippen LogP) is 1.32. The molecular formula is C12H15FN2O2. The molecule has 5 heteroatoms. The molecule has 1 aromatic carbocycles. The van der Waals surface area contributed by atoms with Gasteiger partial charge in [-0.05, 0) is 31.0 Å². The molecule has 0 radical (unpaired) electrons. The Bertz CT molecular complexity index is 431. The zero-order valence-electron chi connectivity index (χ0n) is 9.57. The van der Waals surface area contributed by atoms with E-state index in [1.54, 1.807) is 7.11 Å². The first-order valence-electron chi connectivity index (χ1n) is 5.49. The number of nitrogens with one attached hydrogen (secondary N) is 1. The topological polar surface area (TPSA) is 64.3 Å². The fourth-order valence-corrected chi connectivity index (χ4v) is 1.85. The van der Waals surface area contributed by atoms with Crippen LogP contribution in [0, 0.1) is 5.82 Å². The van der Waals surface area contributed by atoms with Gasteiger partial charge in [0.05, 0.1) is 11.7 Å². The number of benzene rings is 1. The summed E-state index contributed by atoms with van der Waals surface area (Å²) in [5, 5.41) is 2.76. The van der Waals surface area contributed by atoms with E-state index in [1.807, 2.05) is 0 Å². The third kappa shape index (κ3) is 2.55. The van der Waals surface area contributed by atoms with E-state index < -0.39 is 11.7 Å². The Morgan fingerprint density at radius 3 is 2.82 bits per heavy atom. The van der Waals surface area contributed by atoms with Crippen LogP contribution in [0.3, 0.4) is 0 Å². The summed E-state index contributed by atoms with van der Waals surface area (Å²) in [6.07, 6.45) is 1.76. The third-order valence-electron chi connectivity index (χ3n) is 3.00. The smallest absolute Gasteiger partial charge is 0.254 e. The van der Waals surface area contributed by atoms with Crippen molar-refractivity contribution in [3.63, 3.8) is 0 Å². The van der Waals surface area contributed by atoms with Gasteiger partial charge in [0.2, 0.25) is 0 Å². The van der Waals surface area contributed by atoms with E-state index in [0.717, 1.165) is 18.9 Å². The lowest BCUT2D eigenvalue weighted by Gasteiger charge is -2.34. The summed E-state index contributed by atoms with van der Waals surface area (Å²) in [4.78, 5) is 11.7. The van der Waals surface area contributed by atoms with E-state index in [4.69, 9.17) is 10.5 Å². The minimum Gasteiger partial charge on any atom is -0.399 e. The second-order valence-electron chi connectivity index (χ2n) is 4.24. The maximum absolute atomic E-state index is 13.5. The van der Waals surface area contributed by atoms with Gasteiger partial charge in [-0.1, -0.05) is 0 Å². The monoisotopic (exact) mass is 238 g/mol. The Balaban J connectivity index is 1.96. The fraction of sp³-hybridized carbons (Fsp3) is 0.417. The number of halogens is 1. The molecule has 92 valence electrons. The summed E-state index contributed by atoms with van der Waals surface area (Å²) < 4.78 is 18.6. The van der Waals surface area contributed by atoms with Crippen molar-refractivity contribution in [2.45, 2.75) is 25.0 Å². The number of hydrogen-bond acceptors (Lipinski definition) is 3. The molecule has 0 bridgehead atoms. The van der Waals surface area contributed by atoms with Crippen LogP contribution >= 0.6 is 0 Å². The Morgan fingerprint density at radius 1 is 1.53 bits per heavy atom. The molecule has 0 atom stereocenters. The van der Waals surface area contributed by atoms with Gasteiger partial charge in [0.15, 0.2) is 0 Å². The zero-order chi connectivity index (χ0) is 12.4. The van der Waals surface area contributed by atoms with E-state index in [9.17, 15) is 9.18 Å². The maximum Gasteiger partial charge on any atom is 0.254 e. The first kappa shape index (κ1) is 11.9. The van der Waals surface area contributed by atoms with Gasteiger partial charge >= 0.3 is 0 Å². The van der Waals surface area contributed by atoms with Gasteiger partial charge in [-0.2, -0.15) is 0 Å². The van der Waals surface area contributed by atoms with Gasteiger partial charge in [-0.3, -0.25) is 4.79 Å². The predicted molar refractivity (Wildman–Crippen MR) is 62.1 cm³/mol. The first-order chi connectivity index (χ1) is 8.10. The van der Waals surface area contributed by atoms with E-state index in [2.05, 4.69) is 5.32 Å². The van der Waals surface area contributed by atoms with Crippen molar-refractivity contribution < 1.29 is 13.9 Å². The van der Waals surface area contributed by atoms with E-state index in [1.165, 1.54) is 12.1 Å². The maximum atomic E-state index is 13.5. The minimum atomic E-state index is -0.592. The van der Waals surface area contributed by atoms with E-state index in [-0.39, 0.29) is 17.7 Å². The number of hydrogen-bond donors (Lipinski definition) is 2. The van der Waals surface area contributed by atoms with Crippen molar-refractivity contribution in [1.29, 1.82) is 0 Å². The van der Waals surface area contributed by atoms with Crippen LogP contribution < -0.4 is 11.1 Å². The molecule has 4 nitrogen and oxygen atoms in total. The lowest BCUT2D eigenvalue weighted by molar-refractivity contribution is 0.0175. The summed E-state index contributed by atoms with van der Waals surface area (Å²) in [5.74, 6) is -0.993. The van der Waals surface area contributed by atoms with Gasteiger partial charge in [-0.15, -0.1) is 0 Å². The van der Waals surface area contributed by atoms with Crippen molar-refractivity contribution >= 4 is 11.6 Å². The summed E-state index contributed by atoms with van der Waals surface area (Å²) in [6, 6.07) is 4.13. The van der Waals surface area contributed by atoms with Crippen molar-refractivity contribution in [3.8, 4) is 0 Å². The Hall–Kier alpha value is -1.62. The lowest BCUT2D eigenvalue weighted by atomic mass is 9.89. The summed E-state index contributed by atoms with van der Waals surface area (Å²) in [6.45, 7) is 0.